The molecular formula is C6H12Br2O. The SMILES string of the molecule is CC(C)OC(CBr)CBr. The molecule has 9 heavy (non-hydrogen) atoms. The predicted octanol–water partition coefficient (Wildman–Crippen LogP) is 2.57. The minimum Gasteiger partial charge on any atom is -0.374 e. The van der Waals surface area contributed by atoms with Crippen molar-refractivity contribution in [3.8, 4) is 0 Å². The molecule has 3 heteroatoms. The van der Waals surface area contributed by atoms with Crippen LogP contribution in [-0.2, 0) is 4.74 Å². The molecule has 0 fully saturated rings. The van der Waals surface area contributed by atoms with E-state index >= 15 is 0 Å². The van der Waals surface area contributed by atoms with Crippen LogP contribution in [0.2, 0.25) is 0 Å². The third-order valence-corrected chi connectivity index (χ3v) is 2.25. The van der Waals surface area contributed by atoms with Gasteiger partial charge >= 0.3 is 0 Å². The van der Waals surface area contributed by atoms with Crippen LogP contribution in [0.5, 0.6) is 0 Å². The van der Waals surface area contributed by atoms with Gasteiger partial charge in [-0.05, 0) is 13.8 Å². The molecule has 0 aliphatic carbocycles. The summed E-state index contributed by atoms with van der Waals surface area (Å²) in [6.45, 7) is 4.08. The molecule has 0 aromatic rings. The maximum Gasteiger partial charge on any atom is 0.0771 e. The standard InChI is InChI=1S/C6H12Br2O/c1-5(2)9-6(3-7)4-8/h5-6H,3-4H2,1-2H3. The van der Waals surface area contributed by atoms with Crippen molar-refractivity contribution in [3.05, 3.63) is 0 Å². The number of ether oxygens (including phenoxy) is 1. The van der Waals surface area contributed by atoms with Crippen molar-refractivity contribution in [2.24, 2.45) is 0 Å². The average molecular weight is 260 g/mol. The van der Waals surface area contributed by atoms with E-state index in [1.165, 1.54) is 0 Å². The molecule has 0 N–H and O–H groups in total. The minimum atomic E-state index is 0.310. The Bertz CT molecular complexity index is 62.1. The molecular weight excluding hydrogens is 248 g/mol. The highest BCUT2D eigenvalue weighted by molar-refractivity contribution is 9.09. The van der Waals surface area contributed by atoms with Crippen LogP contribution in [0, 0.1) is 0 Å². The fraction of sp³-hybridized carbons (Fsp3) is 1.00. The zero-order valence-corrected chi connectivity index (χ0v) is 8.91. The van der Waals surface area contributed by atoms with Gasteiger partial charge in [0.15, 0.2) is 0 Å². The Kier molecular flexibility index (Phi) is 6.27. The highest BCUT2D eigenvalue weighted by atomic mass is 79.9. The third kappa shape index (κ3) is 5.37. The summed E-state index contributed by atoms with van der Waals surface area (Å²) in [7, 11) is 0. The fourth-order valence-electron chi connectivity index (χ4n) is 0.499. The number of halogens is 2. The lowest BCUT2D eigenvalue weighted by Gasteiger charge is -2.14. The van der Waals surface area contributed by atoms with E-state index in [2.05, 4.69) is 31.9 Å². The molecule has 0 aliphatic heterocycles. The Morgan fingerprint density at radius 2 is 1.67 bits per heavy atom. The second kappa shape index (κ2) is 5.69. The zero-order valence-electron chi connectivity index (χ0n) is 5.73. The Labute approximate surface area is 73.4 Å². The van der Waals surface area contributed by atoms with E-state index in [-0.39, 0.29) is 0 Å². The van der Waals surface area contributed by atoms with Crippen molar-refractivity contribution >= 4 is 31.9 Å². The molecule has 0 spiro atoms. The second-order valence-corrected chi connectivity index (χ2v) is 3.41. The molecule has 0 unspecified atom stereocenters. The maximum atomic E-state index is 5.45. The first-order valence-corrected chi connectivity index (χ1v) is 5.22. The first kappa shape index (κ1) is 9.92. The minimum absolute atomic E-state index is 0.310. The van der Waals surface area contributed by atoms with E-state index in [4.69, 9.17) is 4.74 Å². The highest BCUT2D eigenvalue weighted by Crippen LogP contribution is 2.04. The first-order valence-electron chi connectivity index (χ1n) is 2.98. The third-order valence-electron chi connectivity index (χ3n) is 0.809. The van der Waals surface area contributed by atoms with Gasteiger partial charge in [-0.15, -0.1) is 0 Å². The zero-order chi connectivity index (χ0) is 7.28. The monoisotopic (exact) mass is 258 g/mol. The summed E-state index contributed by atoms with van der Waals surface area (Å²) in [5, 5.41) is 1.80. The predicted molar refractivity (Wildman–Crippen MR) is 47.6 cm³/mol. The number of alkyl halides is 2. The van der Waals surface area contributed by atoms with Crippen molar-refractivity contribution in [1.82, 2.24) is 0 Å². The number of hydrogen-bond donors (Lipinski definition) is 0. The van der Waals surface area contributed by atoms with Crippen molar-refractivity contribution < 1.29 is 4.74 Å². The summed E-state index contributed by atoms with van der Waals surface area (Å²) in [5.41, 5.74) is 0. The largest absolute Gasteiger partial charge is 0.374 e. The summed E-state index contributed by atoms with van der Waals surface area (Å²) in [4.78, 5) is 0. The molecule has 0 saturated heterocycles. The van der Waals surface area contributed by atoms with Gasteiger partial charge in [0, 0.05) is 10.7 Å². The lowest BCUT2D eigenvalue weighted by atomic mass is 10.4. The molecule has 0 saturated carbocycles. The normalized spacial score (nSPS) is 11.3. The molecule has 0 atom stereocenters. The number of hydrogen-bond acceptors (Lipinski definition) is 1. The van der Waals surface area contributed by atoms with Gasteiger partial charge in [-0.1, -0.05) is 31.9 Å². The number of rotatable bonds is 4. The van der Waals surface area contributed by atoms with Crippen LogP contribution in [0.15, 0.2) is 0 Å². The van der Waals surface area contributed by atoms with Crippen LogP contribution >= 0.6 is 31.9 Å². The van der Waals surface area contributed by atoms with Crippen LogP contribution in [0.3, 0.4) is 0 Å². The molecule has 0 aromatic heterocycles. The molecule has 0 radical (unpaired) electrons. The molecule has 56 valence electrons. The van der Waals surface area contributed by atoms with E-state index < -0.39 is 0 Å². The Balaban J connectivity index is 3.31. The lowest BCUT2D eigenvalue weighted by Crippen LogP contribution is -2.20. The van der Waals surface area contributed by atoms with E-state index in [1.807, 2.05) is 13.8 Å². The Morgan fingerprint density at radius 3 is 1.78 bits per heavy atom. The molecule has 0 rings (SSSR count). The molecule has 0 aromatic carbocycles. The highest BCUT2D eigenvalue weighted by Gasteiger charge is 2.05. The lowest BCUT2D eigenvalue weighted by molar-refractivity contribution is 0.0367. The van der Waals surface area contributed by atoms with Crippen molar-refractivity contribution in [2.45, 2.75) is 26.1 Å². The van der Waals surface area contributed by atoms with Crippen LogP contribution in [0.4, 0.5) is 0 Å². The summed E-state index contributed by atoms with van der Waals surface area (Å²) < 4.78 is 5.45. The van der Waals surface area contributed by atoms with Crippen molar-refractivity contribution in [3.63, 3.8) is 0 Å². The van der Waals surface area contributed by atoms with Gasteiger partial charge in [0.25, 0.3) is 0 Å². The van der Waals surface area contributed by atoms with Crippen molar-refractivity contribution in [1.29, 1.82) is 0 Å². The molecule has 1 nitrogen and oxygen atoms in total. The van der Waals surface area contributed by atoms with Gasteiger partial charge in [-0.25, -0.2) is 0 Å². The topological polar surface area (TPSA) is 9.23 Å². The quantitative estimate of drug-likeness (QED) is 0.706. The van der Waals surface area contributed by atoms with E-state index in [0.29, 0.717) is 12.2 Å². The van der Waals surface area contributed by atoms with Gasteiger partial charge in [0.1, 0.15) is 0 Å². The van der Waals surface area contributed by atoms with Crippen LogP contribution in [0.1, 0.15) is 13.8 Å². The van der Waals surface area contributed by atoms with Crippen LogP contribution in [0.25, 0.3) is 0 Å². The van der Waals surface area contributed by atoms with Crippen LogP contribution in [-0.4, -0.2) is 22.9 Å². The maximum absolute atomic E-state index is 5.45. The van der Waals surface area contributed by atoms with Gasteiger partial charge in [0.2, 0.25) is 0 Å². The molecule has 0 aliphatic rings. The summed E-state index contributed by atoms with van der Waals surface area (Å²) in [6, 6.07) is 0. The van der Waals surface area contributed by atoms with Crippen LogP contribution < -0.4 is 0 Å². The van der Waals surface area contributed by atoms with Crippen molar-refractivity contribution in [2.75, 3.05) is 10.7 Å². The Morgan fingerprint density at radius 1 is 1.22 bits per heavy atom. The van der Waals surface area contributed by atoms with Gasteiger partial charge < -0.3 is 4.74 Å². The smallest absolute Gasteiger partial charge is 0.0771 e. The van der Waals surface area contributed by atoms with Gasteiger partial charge in [-0.3, -0.25) is 0 Å². The summed E-state index contributed by atoms with van der Waals surface area (Å²) in [6.07, 6.45) is 0.634. The van der Waals surface area contributed by atoms with E-state index in [1.54, 1.807) is 0 Å². The van der Waals surface area contributed by atoms with Gasteiger partial charge in [0.05, 0.1) is 12.2 Å². The van der Waals surface area contributed by atoms with E-state index in [9.17, 15) is 0 Å². The molecule has 0 amide bonds. The van der Waals surface area contributed by atoms with E-state index in [0.717, 1.165) is 10.7 Å². The summed E-state index contributed by atoms with van der Waals surface area (Å²) in [5.74, 6) is 0. The fourth-order valence-corrected chi connectivity index (χ4v) is 1.88. The first-order chi connectivity index (χ1) is 4.20. The second-order valence-electron chi connectivity index (χ2n) is 2.12. The Hall–Kier alpha value is 0.920. The average Bonchev–Trinajstić information content (AvgIpc) is 1.82. The van der Waals surface area contributed by atoms with Gasteiger partial charge in [-0.2, -0.15) is 0 Å². The molecule has 0 bridgehead atoms. The molecule has 0 heterocycles. The summed E-state index contributed by atoms with van der Waals surface area (Å²) >= 11 is 6.70.